The number of nitrogens with two attached hydrogens (primary N) is 2. The lowest BCUT2D eigenvalue weighted by atomic mass is 9.85. The first kappa shape index (κ1) is 28.7. The standard InChI is InChI=1S/C21H19F6N7O6S/c22-20(23,24)7-1-2-9(21(25,26)27)8(3-7)14(36)40-11-5-34-16(29)30-10(4-33-12(35)6-41-17(33)37)13-18(34,19(11,38)39)32-15(28)31-13/h1-3,10-11,13,38-39H,4-6H2,(H2,29,30)(H3,28,31,32)/t10-,11?,13?,18?/m0/s1. The molecule has 222 valence electrons. The highest BCUT2D eigenvalue weighted by molar-refractivity contribution is 8.14. The van der Waals surface area contributed by atoms with E-state index in [-0.39, 0.29) is 29.9 Å². The van der Waals surface area contributed by atoms with Gasteiger partial charge in [-0.15, -0.1) is 0 Å². The molecule has 4 heterocycles. The van der Waals surface area contributed by atoms with Gasteiger partial charge >= 0.3 is 18.3 Å². The lowest BCUT2D eigenvalue weighted by molar-refractivity contribution is -0.256. The van der Waals surface area contributed by atoms with Gasteiger partial charge in [0.1, 0.15) is 6.04 Å². The second-order valence-electron chi connectivity index (χ2n) is 9.45. The average Bonchev–Trinajstić information content (AvgIpc) is 3.45. The van der Waals surface area contributed by atoms with Gasteiger partial charge in [0.25, 0.3) is 5.24 Å². The number of amides is 2. The van der Waals surface area contributed by atoms with Crippen molar-refractivity contribution in [3.8, 4) is 0 Å². The number of thioether (sulfide) groups is 1. The Kier molecular flexibility index (Phi) is 6.39. The molecular weight excluding hydrogens is 592 g/mol. The summed E-state index contributed by atoms with van der Waals surface area (Å²) in [6.45, 7) is -1.14. The number of ether oxygens (including phenoxy) is 1. The van der Waals surface area contributed by atoms with Crippen molar-refractivity contribution >= 4 is 40.8 Å². The number of carbonyl (C=O) groups excluding carboxylic acids is 3. The topological polar surface area (TPSA) is 196 Å². The minimum Gasteiger partial charge on any atom is -0.451 e. The number of hydrogen-bond donors (Lipinski definition) is 5. The molecule has 3 unspecified atom stereocenters. The van der Waals surface area contributed by atoms with Gasteiger partial charge in [-0.3, -0.25) is 14.5 Å². The van der Waals surface area contributed by atoms with Gasteiger partial charge in [0, 0.05) is 0 Å². The number of esters is 1. The highest BCUT2D eigenvalue weighted by Gasteiger charge is 2.74. The molecule has 20 heteroatoms. The van der Waals surface area contributed by atoms with Crippen LogP contribution in [0.4, 0.5) is 31.1 Å². The van der Waals surface area contributed by atoms with Crippen LogP contribution in [0.1, 0.15) is 21.5 Å². The van der Waals surface area contributed by atoms with Crippen molar-refractivity contribution in [2.45, 2.75) is 42.0 Å². The molecule has 4 aliphatic rings. The van der Waals surface area contributed by atoms with Crippen LogP contribution in [-0.4, -0.2) is 97.5 Å². The maximum Gasteiger partial charge on any atom is 0.417 e. The normalized spacial score (nSPS) is 29.1. The monoisotopic (exact) mass is 611 g/mol. The second-order valence-corrected chi connectivity index (χ2v) is 10.4. The van der Waals surface area contributed by atoms with Gasteiger partial charge in [-0.25, -0.2) is 14.8 Å². The van der Waals surface area contributed by atoms with Crippen molar-refractivity contribution in [1.29, 1.82) is 0 Å². The number of rotatable bonds is 4. The lowest BCUT2D eigenvalue weighted by Gasteiger charge is -2.48. The number of carbonyl (C=O) groups is 3. The summed E-state index contributed by atoms with van der Waals surface area (Å²) in [5.74, 6) is -6.74. The van der Waals surface area contributed by atoms with E-state index in [1.165, 1.54) is 0 Å². The summed E-state index contributed by atoms with van der Waals surface area (Å²) in [7, 11) is 0. The number of nitrogens with zero attached hydrogens (tertiary/aromatic N) is 4. The molecule has 2 saturated heterocycles. The quantitative estimate of drug-likeness (QED) is 0.169. The molecule has 0 bridgehead atoms. The fourth-order valence-corrected chi connectivity index (χ4v) is 5.98. The summed E-state index contributed by atoms with van der Waals surface area (Å²) >= 11 is 0.721. The van der Waals surface area contributed by atoms with Gasteiger partial charge in [-0.2, -0.15) is 26.3 Å². The highest BCUT2D eigenvalue weighted by Crippen LogP contribution is 2.46. The summed E-state index contributed by atoms with van der Waals surface area (Å²) in [6, 6.07) is -2.49. The minimum absolute atomic E-state index is 0.0543. The van der Waals surface area contributed by atoms with E-state index < -0.39 is 94.8 Å². The SMILES string of the molecule is NC1=NC2[C@H](CN3C(=O)CSC3=O)N=C(N)N3CC(OC(=O)c4cc(C(F)(F)F)ccc4C(F)(F)F)C(O)(O)C23N1. The van der Waals surface area contributed by atoms with E-state index in [2.05, 4.69) is 15.3 Å². The fraction of sp³-hybridized carbons (Fsp3) is 0.476. The maximum atomic E-state index is 13.6. The van der Waals surface area contributed by atoms with E-state index in [0.29, 0.717) is 0 Å². The summed E-state index contributed by atoms with van der Waals surface area (Å²) in [5, 5.41) is 24.5. The largest absolute Gasteiger partial charge is 0.451 e. The Hall–Kier alpha value is -3.78. The minimum atomic E-state index is -5.27. The van der Waals surface area contributed by atoms with Crippen LogP contribution in [-0.2, 0) is 21.9 Å². The number of aliphatic hydroxyl groups is 2. The van der Waals surface area contributed by atoms with Gasteiger partial charge < -0.3 is 36.6 Å². The number of alkyl halides is 6. The third-order valence-corrected chi connectivity index (χ3v) is 7.94. The first-order valence-electron chi connectivity index (χ1n) is 11.5. The Morgan fingerprint density at radius 3 is 2.41 bits per heavy atom. The smallest absolute Gasteiger partial charge is 0.417 e. The van der Waals surface area contributed by atoms with Crippen molar-refractivity contribution in [3.63, 3.8) is 0 Å². The van der Waals surface area contributed by atoms with Crippen molar-refractivity contribution in [2.24, 2.45) is 21.5 Å². The predicted molar refractivity (Wildman–Crippen MR) is 126 cm³/mol. The van der Waals surface area contributed by atoms with Crippen LogP contribution in [0.25, 0.3) is 0 Å². The number of hydrogen-bond acceptors (Lipinski definition) is 13. The van der Waals surface area contributed by atoms with Gasteiger partial charge in [0.2, 0.25) is 11.7 Å². The molecule has 0 saturated carbocycles. The van der Waals surface area contributed by atoms with E-state index in [1.54, 1.807) is 0 Å². The molecule has 0 radical (unpaired) electrons. The van der Waals surface area contributed by atoms with E-state index >= 15 is 0 Å². The number of aliphatic imine (C=N–C) groups is 2. The van der Waals surface area contributed by atoms with E-state index in [9.17, 15) is 50.9 Å². The Morgan fingerprint density at radius 2 is 1.83 bits per heavy atom. The molecule has 1 aromatic carbocycles. The van der Waals surface area contributed by atoms with Crippen molar-refractivity contribution in [1.82, 2.24) is 15.1 Å². The Balaban J connectivity index is 1.49. The number of halogens is 6. The molecular formula is C21H19F6N7O6S. The fourth-order valence-electron chi connectivity index (χ4n) is 5.25. The molecule has 0 aliphatic carbocycles. The Bertz CT molecular complexity index is 1390. The van der Waals surface area contributed by atoms with Crippen LogP contribution in [0.15, 0.2) is 28.2 Å². The number of benzene rings is 1. The third-order valence-electron chi connectivity index (χ3n) is 7.08. The lowest BCUT2D eigenvalue weighted by Crippen LogP contribution is -2.77. The van der Waals surface area contributed by atoms with E-state index in [4.69, 9.17) is 16.2 Å². The van der Waals surface area contributed by atoms with Gasteiger partial charge in [0.05, 0.1) is 41.6 Å². The zero-order valence-electron chi connectivity index (χ0n) is 20.2. The maximum absolute atomic E-state index is 13.6. The Morgan fingerprint density at radius 1 is 1.15 bits per heavy atom. The summed E-state index contributed by atoms with van der Waals surface area (Å²) in [6.07, 6.45) is -12.5. The second kappa shape index (κ2) is 9.11. The molecule has 0 aromatic heterocycles. The number of nitrogens with one attached hydrogen (secondary N) is 1. The summed E-state index contributed by atoms with van der Waals surface area (Å²) in [5.41, 5.74) is 4.71. The Labute approximate surface area is 229 Å². The van der Waals surface area contributed by atoms with Crippen LogP contribution < -0.4 is 16.8 Å². The molecule has 5 rings (SSSR count). The van der Waals surface area contributed by atoms with Crippen molar-refractivity contribution in [2.75, 3.05) is 18.8 Å². The van der Waals surface area contributed by atoms with E-state index in [1.807, 2.05) is 0 Å². The van der Waals surface area contributed by atoms with Crippen LogP contribution in [0.2, 0.25) is 0 Å². The first-order chi connectivity index (χ1) is 18.9. The van der Waals surface area contributed by atoms with Gasteiger partial charge in [-0.05, 0) is 18.2 Å². The molecule has 4 atom stereocenters. The van der Waals surface area contributed by atoms with E-state index in [0.717, 1.165) is 21.6 Å². The van der Waals surface area contributed by atoms with Gasteiger partial charge in [0.15, 0.2) is 23.7 Å². The first-order valence-corrected chi connectivity index (χ1v) is 12.5. The molecule has 7 N–H and O–H groups in total. The third kappa shape index (κ3) is 4.40. The van der Waals surface area contributed by atoms with Crippen LogP contribution in [0, 0.1) is 0 Å². The predicted octanol–water partition coefficient (Wildman–Crippen LogP) is -0.379. The molecule has 1 spiro atoms. The average molecular weight is 611 g/mol. The summed E-state index contributed by atoms with van der Waals surface area (Å²) < 4.78 is 85.3. The summed E-state index contributed by atoms with van der Waals surface area (Å²) in [4.78, 5) is 47.3. The molecule has 13 nitrogen and oxygen atoms in total. The van der Waals surface area contributed by atoms with Crippen molar-refractivity contribution in [3.05, 3.63) is 34.9 Å². The zero-order valence-corrected chi connectivity index (χ0v) is 21.0. The van der Waals surface area contributed by atoms with Crippen LogP contribution in [0.3, 0.4) is 0 Å². The zero-order chi connectivity index (χ0) is 30.3. The van der Waals surface area contributed by atoms with Crippen LogP contribution in [0.5, 0.6) is 0 Å². The molecule has 2 fully saturated rings. The molecule has 2 amide bonds. The van der Waals surface area contributed by atoms with Crippen LogP contribution >= 0.6 is 11.8 Å². The number of guanidine groups is 2. The molecule has 4 aliphatic heterocycles. The van der Waals surface area contributed by atoms with Gasteiger partial charge in [-0.1, -0.05) is 11.8 Å². The highest BCUT2D eigenvalue weighted by atomic mass is 32.2. The van der Waals surface area contributed by atoms with Crippen molar-refractivity contribution < 1.29 is 55.7 Å². The number of imide groups is 1. The molecule has 1 aromatic rings. The molecule has 41 heavy (non-hydrogen) atoms.